The molecule has 0 fully saturated rings. The molecule has 1 aromatic carbocycles. The minimum Gasteiger partial charge on any atom is -0.504 e. The maximum atomic E-state index is 12.8. The number of Topliss-reactive ketones (excluding diaryl/α,β-unsaturated/α-hetero) is 1. The fourth-order valence-corrected chi connectivity index (χ4v) is 3.41. The summed E-state index contributed by atoms with van der Waals surface area (Å²) >= 11 is 0. The number of carbonyl (C=O) groups excluding carboxylic acids is 2. The summed E-state index contributed by atoms with van der Waals surface area (Å²) in [4.78, 5) is 27.0. The molecule has 27 heavy (non-hydrogen) atoms. The summed E-state index contributed by atoms with van der Waals surface area (Å²) in [6, 6.07) is 4.10. The first kappa shape index (κ1) is 20.8. The summed E-state index contributed by atoms with van der Waals surface area (Å²) in [7, 11) is 1.45. The first-order chi connectivity index (χ1) is 12.8. The number of aliphatic hydroxyl groups is 1. The number of methoxy groups -OCH3 is 1. The van der Waals surface area contributed by atoms with E-state index in [4.69, 9.17) is 4.74 Å². The molecule has 1 heterocycles. The van der Waals surface area contributed by atoms with Crippen LogP contribution in [-0.2, 0) is 9.59 Å². The van der Waals surface area contributed by atoms with Crippen LogP contribution in [0.2, 0.25) is 0 Å². The van der Waals surface area contributed by atoms with Crippen molar-refractivity contribution < 1.29 is 24.5 Å². The fourth-order valence-electron chi connectivity index (χ4n) is 3.41. The van der Waals surface area contributed by atoms with Gasteiger partial charge in [0, 0.05) is 13.0 Å². The van der Waals surface area contributed by atoms with Gasteiger partial charge in [0.05, 0.1) is 18.7 Å². The molecular weight excluding hydrogens is 346 g/mol. The Morgan fingerprint density at radius 3 is 2.52 bits per heavy atom. The molecule has 1 unspecified atom stereocenters. The maximum Gasteiger partial charge on any atom is 0.290 e. The summed E-state index contributed by atoms with van der Waals surface area (Å²) in [5.41, 5.74) is 0.698. The van der Waals surface area contributed by atoms with Gasteiger partial charge >= 0.3 is 0 Å². The Bertz CT molecular complexity index is 738. The third-order valence-corrected chi connectivity index (χ3v) is 4.72. The number of ether oxygens (including phenoxy) is 1. The first-order valence-electron chi connectivity index (χ1n) is 9.45. The van der Waals surface area contributed by atoms with Crippen molar-refractivity contribution in [3.8, 4) is 11.5 Å². The van der Waals surface area contributed by atoms with Crippen LogP contribution in [0.4, 0.5) is 0 Å². The van der Waals surface area contributed by atoms with Crippen LogP contribution >= 0.6 is 0 Å². The zero-order chi connectivity index (χ0) is 20.1. The summed E-state index contributed by atoms with van der Waals surface area (Å²) < 4.78 is 5.08. The van der Waals surface area contributed by atoms with E-state index in [1.54, 1.807) is 12.1 Å². The number of rotatable bonds is 9. The lowest BCUT2D eigenvalue weighted by Crippen LogP contribution is -2.32. The summed E-state index contributed by atoms with van der Waals surface area (Å²) in [5, 5.41) is 20.6. The maximum absolute atomic E-state index is 12.8. The van der Waals surface area contributed by atoms with Gasteiger partial charge in [0.1, 0.15) is 0 Å². The van der Waals surface area contributed by atoms with Gasteiger partial charge in [-0.3, -0.25) is 9.59 Å². The highest BCUT2D eigenvalue weighted by molar-refractivity contribution is 6.09. The van der Waals surface area contributed by atoms with E-state index in [9.17, 15) is 19.8 Å². The normalized spacial score (nSPS) is 17.1. The molecule has 2 rings (SSSR count). The number of unbranched alkanes of at least 4 members (excludes halogenated alkanes) is 2. The molecule has 0 aliphatic carbocycles. The molecule has 6 nitrogen and oxygen atoms in total. The van der Waals surface area contributed by atoms with Gasteiger partial charge in [-0.15, -0.1) is 0 Å². The second-order valence-electron chi connectivity index (χ2n) is 7.32. The molecule has 1 atom stereocenters. The number of ketones is 1. The molecule has 0 spiro atoms. The average Bonchev–Trinajstić information content (AvgIpc) is 2.86. The van der Waals surface area contributed by atoms with E-state index in [-0.39, 0.29) is 29.4 Å². The SMILES string of the molecule is CCCCCN1C(=O)C(O)=C(C(=O)CC(C)C)C1c1ccc(OC)c(O)c1. The highest BCUT2D eigenvalue weighted by atomic mass is 16.5. The second kappa shape index (κ2) is 8.93. The first-order valence-corrected chi connectivity index (χ1v) is 9.45. The lowest BCUT2D eigenvalue weighted by molar-refractivity contribution is -0.129. The molecule has 1 aromatic rings. The molecule has 2 N–H and O–H groups in total. The van der Waals surface area contributed by atoms with E-state index >= 15 is 0 Å². The molecule has 0 saturated heterocycles. The standard InChI is InChI=1S/C21H29NO5/c1-5-6-7-10-22-19(14-8-9-17(27-4)15(23)12-14)18(20(25)21(22)26)16(24)11-13(2)3/h8-9,12-13,19,23,25H,5-7,10-11H2,1-4H3. The van der Waals surface area contributed by atoms with Crippen molar-refractivity contribution in [1.82, 2.24) is 4.90 Å². The number of amides is 1. The van der Waals surface area contributed by atoms with Gasteiger partial charge in [-0.1, -0.05) is 39.7 Å². The predicted molar refractivity (Wildman–Crippen MR) is 103 cm³/mol. The molecule has 6 heteroatoms. The quantitative estimate of drug-likeness (QED) is 0.639. The van der Waals surface area contributed by atoms with Crippen molar-refractivity contribution in [2.24, 2.45) is 5.92 Å². The zero-order valence-electron chi connectivity index (χ0n) is 16.5. The molecule has 148 valence electrons. The van der Waals surface area contributed by atoms with Crippen LogP contribution in [0.5, 0.6) is 11.5 Å². The second-order valence-corrected chi connectivity index (χ2v) is 7.32. The lowest BCUT2D eigenvalue weighted by Gasteiger charge is -2.27. The molecule has 1 aliphatic rings. The number of aromatic hydroxyl groups is 1. The third-order valence-electron chi connectivity index (χ3n) is 4.72. The van der Waals surface area contributed by atoms with Gasteiger partial charge in [0.25, 0.3) is 5.91 Å². The Morgan fingerprint density at radius 2 is 1.96 bits per heavy atom. The van der Waals surface area contributed by atoms with E-state index in [2.05, 4.69) is 6.92 Å². The molecule has 1 amide bonds. The van der Waals surface area contributed by atoms with E-state index in [1.165, 1.54) is 18.1 Å². The monoisotopic (exact) mass is 375 g/mol. The van der Waals surface area contributed by atoms with Crippen molar-refractivity contribution in [1.29, 1.82) is 0 Å². The number of carbonyl (C=O) groups is 2. The number of hydrogen-bond acceptors (Lipinski definition) is 5. The van der Waals surface area contributed by atoms with Gasteiger partial charge in [-0.25, -0.2) is 0 Å². The Morgan fingerprint density at radius 1 is 1.26 bits per heavy atom. The molecule has 1 aliphatic heterocycles. The van der Waals surface area contributed by atoms with Gasteiger partial charge < -0.3 is 19.8 Å². The number of phenolic OH excluding ortho intramolecular Hbond substituents is 1. The Hall–Kier alpha value is -2.50. The van der Waals surface area contributed by atoms with E-state index in [0.717, 1.165) is 19.3 Å². The van der Waals surface area contributed by atoms with Crippen molar-refractivity contribution in [3.63, 3.8) is 0 Å². The molecule has 0 aromatic heterocycles. The number of nitrogens with zero attached hydrogens (tertiary/aromatic N) is 1. The highest BCUT2D eigenvalue weighted by Crippen LogP contribution is 2.41. The largest absolute Gasteiger partial charge is 0.504 e. The predicted octanol–water partition coefficient (Wildman–Crippen LogP) is 3.90. The van der Waals surface area contributed by atoms with E-state index < -0.39 is 17.7 Å². The highest BCUT2D eigenvalue weighted by Gasteiger charge is 2.43. The molecule has 0 bridgehead atoms. The Labute approximate surface area is 160 Å². The fraction of sp³-hybridized carbons (Fsp3) is 0.524. The van der Waals surface area contributed by atoms with Crippen LogP contribution in [0, 0.1) is 5.92 Å². The van der Waals surface area contributed by atoms with Crippen molar-refractivity contribution >= 4 is 11.7 Å². The lowest BCUT2D eigenvalue weighted by atomic mass is 9.92. The number of aliphatic hydroxyl groups excluding tert-OH is 1. The molecule has 0 radical (unpaired) electrons. The number of phenols is 1. The van der Waals surface area contributed by atoms with Gasteiger partial charge in [-0.2, -0.15) is 0 Å². The zero-order valence-corrected chi connectivity index (χ0v) is 16.5. The summed E-state index contributed by atoms with van der Waals surface area (Å²) in [5.74, 6) is -0.904. The molecule has 0 saturated carbocycles. The van der Waals surface area contributed by atoms with E-state index in [0.29, 0.717) is 17.9 Å². The molecular formula is C21H29NO5. The van der Waals surface area contributed by atoms with Gasteiger partial charge in [0.15, 0.2) is 23.0 Å². The number of benzene rings is 1. The summed E-state index contributed by atoms with van der Waals surface area (Å²) in [6.45, 7) is 6.34. The van der Waals surface area contributed by atoms with E-state index in [1.807, 2.05) is 13.8 Å². The van der Waals surface area contributed by atoms with Crippen LogP contribution in [0.25, 0.3) is 0 Å². The van der Waals surface area contributed by atoms with Crippen LogP contribution in [0.15, 0.2) is 29.5 Å². The van der Waals surface area contributed by atoms with Crippen LogP contribution < -0.4 is 4.74 Å². The van der Waals surface area contributed by atoms with Crippen molar-refractivity contribution in [2.45, 2.75) is 52.5 Å². The number of hydrogen-bond donors (Lipinski definition) is 2. The summed E-state index contributed by atoms with van der Waals surface area (Å²) in [6.07, 6.45) is 2.96. The van der Waals surface area contributed by atoms with Crippen LogP contribution in [0.1, 0.15) is 58.1 Å². The van der Waals surface area contributed by atoms with Gasteiger partial charge in [-0.05, 0) is 30.0 Å². The van der Waals surface area contributed by atoms with Crippen LogP contribution in [-0.4, -0.2) is 40.5 Å². The van der Waals surface area contributed by atoms with Crippen LogP contribution in [0.3, 0.4) is 0 Å². The van der Waals surface area contributed by atoms with Crippen molar-refractivity contribution in [3.05, 3.63) is 35.1 Å². The average molecular weight is 375 g/mol. The third kappa shape index (κ3) is 4.43. The smallest absolute Gasteiger partial charge is 0.290 e. The minimum atomic E-state index is -0.697. The topological polar surface area (TPSA) is 87.1 Å². The Balaban J connectivity index is 2.47. The van der Waals surface area contributed by atoms with Gasteiger partial charge in [0.2, 0.25) is 0 Å². The minimum absolute atomic E-state index is 0.0713. The van der Waals surface area contributed by atoms with Crippen molar-refractivity contribution in [2.75, 3.05) is 13.7 Å². The Kier molecular flexibility index (Phi) is 6.88.